The molecule has 0 spiro atoms. The molecule has 0 aromatic heterocycles. The number of fused-ring (bicyclic) bond motifs is 5. The number of aliphatic carboxylic acids is 1. The number of hydrogen-bond acceptors (Lipinski definition) is 2. The van der Waals surface area contributed by atoms with Gasteiger partial charge in [-0.25, -0.2) is 4.79 Å². The Morgan fingerprint density at radius 3 is 2.32 bits per heavy atom. The summed E-state index contributed by atoms with van der Waals surface area (Å²) in [6, 6.07) is 0.478. The standard InChI is InChI=1S/C27H41NO3/c1-16(2)28(17(3)4)24(29)23-10-9-21-20-8-7-19-15-18(25(30)31)11-13-26(19,5)22(20)12-14-27(21,23)6/h7,15-17,20-23H,8-14H2,1-6H3,(H,30,31)/t20-,21-,22+,23?,26-,27-/m0/s1. The summed E-state index contributed by atoms with van der Waals surface area (Å²) in [4.78, 5) is 27.3. The number of carboxylic acids is 1. The molecule has 6 atom stereocenters. The molecule has 4 aliphatic rings. The van der Waals surface area contributed by atoms with Gasteiger partial charge < -0.3 is 10.0 Å². The summed E-state index contributed by atoms with van der Waals surface area (Å²) in [5.74, 6) is 1.58. The van der Waals surface area contributed by atoms with Crippen molar-refractivity contribution in [2.45, 2.75) is 98.6 Å². The van der Waals surface area contributed by atoms with Crippen LogP contribution in [0.25, 0.3) is 0 Å². The molecular weight excluding hydrogens is 386 g/mol. The van der Waals surface area contributed by atoms with Crippen molar-refractivity contribution in [3.8, 4) is 0 Å². The number of carboxylic acid groups (broad SMARTS) is 1. The summed E-state index contributed by atoms with van der Waals surface area (Å²) >= 11 is 0. The molecule has 0 aromatic carbocycles. The van der Waals surface area contributed by atoms with Crippen molar-refractivity contribution in [2.24, 2.45) is 34.5 Å². The van der Waals surface area contributed by atoms with Gasteiger partial charge in [0.25, 0.3) is 0 Å². The van der Waals surface area contributed by atoms with Crippen molar-refractivity contribution in [3.63, 3.8) is 0 Å². The van der Waals surface area contributed by atoms with Gasteiger partial charge in [-0.3, -0.25) is 4.79 Å². The molecule has 0 aromatic rings. The number of nitrogens with zero attached hydrogens (tertiary/aromatic N) is 1. The van der Waals surface area contributed by atoms with Crippen LogP contribution in [0, 0.1) is 34.5 Å². The second kappa shape index (κ2) is 7.78. The Kier molecular flexibility index (Phi) is 5.67. The first kappa shape index (κ1) is 22.6. The van der Waals surface area contributed by atoms with Crippen molar-refractivity contribution in [3.05, 3.63) is 23.3 Å². The lowest BCUT2D eigenvalue weighted by Crippen LogP contribution is -2.53. The van der Waals surface area contributed by atoms with Gasteiger partial charge in [0.15, 0.2) is 0 Å². The number of amides is 1. The van der Waals surface area contributed by atoms with Crippen molar-refractivity contribution >= 4 is 11.9 Å². The average molecular weight is 428 g/mol. The normalized spacial score (nSPS) is 39.4. The largest absolute Gasteiger partial charge is 0.478 e. The molecule has 0 aliphatic heterocycles. The maximum Gasteiger partial charge on any atom is 0.331 e. The van der Waals surface area contributed by atoms with E-state index in [2.05, 4.69) is 52.5 Å². The van der Waals surface area contributed by atoms with Gasteiger partial charge in [-0.1, -0.05) is 19.9 Å². The fraction of sp³-hybridized carbons (Fsp3) is 0.778. The number of hydrogen-bond donors (Lipinski definition) is 1. The van der Waals surface area contributed by atoms with Crippen LogP contribution in [0.1, 0.15) is 86.5 Å². The lowest BCUT2D eigenvalue weighted by Gasteiger charge is -2.57. The third kappa shape index (κ3) is 3.40. The zero-order valence-corrected chi connectivity index (χ0v) is 20.3. The van der Waals surface area contributed by atoms with Gasteiger partial charge in [0.2, 0.25) is 5.91 Å². The van der Waals surface area contributed by atoms with Gasteiger partial charge in [0, 0.05) is 23.6 Å². The number of carbonyl (C=O) groups excluding carboxylic acids is 1. The summed E-state index contributed by atoms with van der Waals surface area (Å²) < 4.78 is 0. The Labute approximate surface area is 188 Å². The SMILES string of the molecule is CC(C)N(C(=O)C1CC[C@H]2[C@@H]3CC=C4C=C(C(=O)O)CC[C@]4(C)[C@@H]3CC[C@]12C)C(C)C. The smallest absolute Gasteiger partial charge is 0.331 e. The molecule has 1 unspecified atom stereocenters. The number of rotatable bonds is 4. The van der Waals surface area contributed by atoms with Crippen LogP contribution >= 0.6 is 0 Å². The van der Waals surface area contributed by atoms with E-state index in [4.69, 9.17) is 0 Å². The minimum absolute atomic E-state index is 0.0905. The van der Waals surface area contributed by atoms with Gasteiger partial charge in [-0.05, 0) is 113 Å². The van der Waals surface area contributed by atoms with Crippen LogP contribution in [-0.2, 0) is 9.59 Å². The van der Waals surface area contributed by atoms with Crippen LogP contribution in [0.4, 0.5) is 0 Å². The van der Waals surface area contributed by atoms with E-state index in [0.29, 0.717) is 35.7 Å². The zero-order chi connectivity index (χ0) is 22.7. The molecule has 2 saturated carbocycles. The van der Waals surface area contributed by atoms with Crippen LogP contribution in [-0.4, -0.2) is 34.0 Å². The van der Waals surface area contributed by atoms with E-state index in [-0.39, 0.29) is 28.8 Å². The Morgan fingerprint density at radius 1 is 1.03 bits per heavy atom. The molecule has 4 nitrogen and oxygen atoms in total. The van der Waals surface area contributed by atoms with Gasteiger partial charge in [-0.2, -0.15) is 0 Å². The van der Waals surface area contributed by atoms with Crippen molar-refractivity contribution in [2.75, 3.05) is 0 Å². The lowest BCUT2D eigenvalue weighted by atomic mass is 9.48. The van der Waals surface area contributed by atoms with Gasteiger partial charge >= 0.3 is 5.97 Å². The van der Waals surface area contributed by atoms with E-state index in [9.17, 15) is 14.7 Å². The molecule has 4 heteroatoms. The summed E-state index contributed by atoms with van der Waals surface area (Å²) in [6.45, 7) is 13.3. The Balaban J connectivity index is 1.62. The second-order valence-corrected chi connectivity index (χ2v) is 11.8. The molecule has 4 rings (SSSR count). The van der Waals surface area contributed by atoms with Crippen LogP contribution in [0.15, 0.2) is 23.3 Å². The minimum atomic E-state index is -0.765. The summed E-state index contributed by atoms with van der Waals surface area (Å²) in [5.41, 5.74) is 2.01. The minimum Gasteiger partial charge on any atom is -0.478 e. The molecule has 0 heterocycles. The molecular formula is C27H41NO3. The van der Waals surface area contributed by atoms with Crippen LogP contribution in [0.3, 0.4) is 0 Å². The molecule has 4 aliphatic carbocycles. The first-order valence-electron chi connectivity index (χ1n) is 12.5. The third-order valence-electron chi connectivity index (χ3n) is 9.71. The maximum absolute atomic E-state index is 13.7. The van der Waals surface area contributed by atoms with E-state index < -0.39 is 5.97 Å². The van der Waals surface area contributed by atoms with Crippen molar-refractivity contribution < 1.29 is 14.7 Å². The van der Waals surface area contributed by atoms with E-state index in [1.165, 1.54) is 5.57 Å². The summed E-state index contributed by atoms with van der Waals surface area (Å²) in [5, 5.41) is 9.47. The van der Waals surface area contributed by atoms with E-state index in [1.54, 1.807) is 0 Å². The molecule has 172 valence electrons. The quantitative estimate of drug-likeness (QED) is 0.614. The van der Waals surface area contributed by atoms with Gasteiger partial charge in [0.1, 0.15) is 0 Å². The van der Waals surface area contributed by atoms with Crippen molar-refractivity contribution in [1.82, 2.24) is 4.90 Å². The summed E-state index contributed by atoms with van der Waals surface area (Å²) in [7, 11) is 0. The first-order valence-corrected chi connectivity index (χ1v) is 12.5. The Hall–Kier alpha value is -1.58. The van der Waals surface area contributed by atoms with Gasteiger partial charge in [-0.15, -0.1) is 0 Å². The van der Waals surface area contributed by atoms with Crippen LogP contribution in [0.5, 0.6) is 0 Å². The fourth-order valence-corrected chi connectivity index (χ4v) is 8.18. The highest BCUT2D eigenvalue weighted by Crippen LogP contribution is 2.66. The predicted molar refractivity (Wildman–Crippen MR) is 123 cm³/mol. The van der Waals surface area contributed by atoms with Crippen LogP contribution < -0.4 is 0 Å². The van der Waals surface area contributed by atoms with Gasteiger partial charge in [0.05, 0.1) is 0 Å². The first-order chi connectivity index (χ1) is 14.5. The third-order valence-corrected chi connectivity index (χ3v) is 9.71. The van der Waals surface area contributed by atoms with Crippen molar-refractivity contribution in [1.29, 1.82) is 0 Å². The Bertz CT molecular complexity index is 816. The average Bonchev–Trinajstić information content (AvgIpc) is 3.03. The zero-order valence-electron chi connectivity index (χ0n) is 20.3. The molecule has 1 N–H and O–H groups in total. The highest BCUT2D eigenvalue weighted by atomic mass is 16.4. The Morgan fingerprint density at radius 2 is 1.71 bits per heavy atom. The molecule has 0 saturated heterocycles. The molecule has 2 fully saturated rings. The molecule has 31 heavy (non-hydrogen) atoms. The van der Waals surface area contributed by atoms with E-state index in [1.807, 2.05) is 6.08 Å². The molecule has 1 amide bonds. The molecule has 0 bridgehead atoms. The number of allylic oxidation sites excluding steroid dienone is 3. The highest BCUT2D eigenvalue weighted by molar-refractivity contribution is 5.87. The van der Waals surface area contributed by atoms with Crippen LogP contribution in [0.2, 0.25) is 0 Å². The summed E-state index contributed by atoms with van der Waals surface area (Å²) in [6.07, 6.45) is 11.4. The van der Waals surface area contributed by atoms with E-state index in [0.717, 1.165) is 38.5 Å². The predicted octanol–water partition coefficient (Wildman–Crippen LogP) is 5.83. The lowest BCUT2D eigenvalue weighted by molar-refractivity contribution is -0.146. The molecule has 0 radical (unpaired) electrons. The van der Waals surface area contributed by atoms with E-state index >= 15 is 0 Å². The topological polar surface area (TPSA) is 57.6 Å². The number of carbonyl (C=O) groups is 2. The monoisotopic (exact) mass is 427 g/mol. The fourth-order valence-electron chi connectivity index (χ4n) is 8.18. The maximum atomic E-state index is 13.7. The second-order valence-electron chi connectivity index (χ2n) is 11.8. The highest BCUT2D eigenvalue weighted by Gasteiger charge is 2.60.